The number of carbonyl (C=O) groups excluding carboxylic acids is 1. The van der Waals surface area contributed by atoms with Gasteiger partial charge in [0.15, 0.2) is 0 Å². The van der Waals surface area contributed by atoms with Gasteiger partial charge in [0, 0.05) is 11.6 Å². The minimum Gasteiger partial charge on any atom is -0.497 e. The van der Waals surface area contributed by atoms with Gasteiger partial charge in [-0.1, -0.05) is 55.8 Å². The van der Waals surface area contributed by atoms with E-state index < -0.39 is 0 Å². The third-order valence-electron chi connectivity index (χ3n) is 4.53. The fraction of sp³-hybridized carbons (Fsp3) is 0.381. The topological polar surface area (TPSA) is 41.6 Å². The van der Waals surface area contributed by atoms with E-state index in [1.54, 1.807) is 7.11 Å². The van der Waals surface area contributed by atoms with Gasteiger partial charge in [-0.2, -0.15) is 0 Å². The van der Waals surface area contributed by atoms with Crippen LogP contribution < -0.4 is 10.1 Å². The molecule has 140 valence electrons. The van der Waals surface area contributed by atoms with E-state index in [0.29, 0.717) is 13.0 Å². The second-order valence-electron chi connectivity index (χ2n) is 6.09. The first-order valence-electron chi connectivity index (χ1n) is 8.97. The van der Waals surface area contributed by atoms with Crippen molar-refractivity contribution in [3.63, 3.8) is 0 Å². The Morgan fingerprint density at radius 1 is 1.12 bits per heavy atom. The molecule has 0 spiro atoms. The lowest BCUT2D eigenvalue weighted by molar-refractivity contribution is -0.120. The summed E-state index contributed by atoms with van der Waals surface area (Å²) >= 11 is 6.40. The molecule has 2 rings (SSSR count). The summed E-state index contributed by atoms with van der Waals surface area (Å²) in [5.41, 5.74) is 2.00. The van der Waals surface area contributed by atoms with Gasteiger partial charge in [-0.15, -0.1) is 0 Å². The highest BCUT2D eigenvalue weighted by Gasteiger charge is 2.21. The zero-order chi connectivity index (χ0) is 18.9. The third-order valence-corrected chi connectivity index (χ3v) is 4.88. The molecule has 0 radical (unpaired) electrons. The van der Waals surface area contributed by atoms with Crippen LogP contribution in [0.3, 0.4) is 0 Å². The largest absolute Gasteiger partial charge is 0.497 e. The molecule has 0 aliphatic carbocycles. The van der Waals surface area contributed by atoms with Crippen molar-refractivity contribution in [1.82, 2.24) is 10.2 Å². The van der Waals surface area contributed by atoms with Gasteiger partial charge in [0.05, 0.1) is 19.6 Å². The maximum atomic E-state index is 12.4. The summed E-state index contributed by atoms with van der Waals surface area (Å²) in [7, 11) is 1.63. The van der Waals surface area contributed by atoms with Crippen LogP contribution in [-0.2, 0) is 11.2 Å². The van der Waals surface area contributed by atoms with Crippen LogP contribution in [0.4, 0.5) is 0 Å². The summed E-state index contributed by atoms with van der Waals surface area (Å²) in [5, 5.41) is 3.79. The smallest absolute Gasteiger partial charge is 0.224 e. The van der Waals surface area contributed by atoms with Gasteiger partial charge in [0.1, 0.15) is 5.75 Å². The molecule has 4 nitrogen and oxygen atoms in total. The monoisotopic (exact) mass is 374 g/mol. The molecule has 1 amide bonds. The molecule has 0 fully saturated rings. The maximum Gasteiger partial charge on any atom is 0.224 e. The van der Waals surface area contributed by atoms with E-state index in [1.807, 2.05) is 48.5 Å². The highest BCUT2D eigenvalue weighted by Crippen LogP contribution is 2.27. The van der Waals surface area contributed by atoms with E-state index in [4.69, 9.17) is 16.3 Å². The van der Waals surface area contributed by atoms with E-state index >= 15 is 0 Å². The van der Waals surface area contributed by atoms with Crippen molar-refractivity contribution in [2.24, 2.45) is 0 Å². The Bertz CT molecular complexity index is 699. The van der Waals surface area contributed by atoms with E-state index in [2.05, 4.69) is 24.1 Å². The molecule has 2 aromatic carbocycles. The number of hydrogen-bond acceptors (Lipinski definition) is 3. The Kier molecular flexibility index (Phi) is 7.95. The lowest BCUT2D eigenvalue weighted by Crippen LogP contribution is -2.38. The van der Waals surface area contributed by atoms with Crippen LogP contribution in [0, 0.1) is 0 Å². The number of carbonyl (C=O) groups is 1. The number of ether oxygens (including phenoxy) is 1. The van der Waals surface area contributed by atoms with Crippen molar-refractivity contribution >= 4 is 17.5 Å². The molecule has 0 bridgehead atoms. The second-order valence-corrected chi connectivity index (χ2v) is 6.49. The Hall–Kier alpha value is -2.04. The van der Waals surface area contributed by atoms with Crippen molar-refractivity contribution in [1.29, 1.82) is 0 Å². The Labute approximate surface area is 161 Å². The first-order valence-corrected chi connectivity index (χ1v) is 9.34. The number of nitrogens with zero attached hydrogens (tertiary/aromatic N) is 1. The maximum absolute atomic E-state index is 12.4. The van der Waals surface area contributed by atoms with Crippen LogP contribution in [-0.4, -0.2) is 37.6 Å². The van der Waals surface area contributed by atoms with Crippen LogP contribution >= 0.6 is 11.6 Å². The number of benzene rings is 2. The minimum absolute atomic E-state index is 0.000577. The number of hydrogen-bond donors (Lipinski definition) is 1. The molecule has 0 unspecified atom stereocenters. The lowest BCUT2D eigenvalue weighted by Gasteiger charge is -2.31. The van der Waals surface area contributed by atoms with Crippen molar-refractivity contribution in [2.75, 3.05) is 26.7 Å². The summed E-state index contributed by atoms with van der Waals surface area (Å²) in [6.07, 6.45) is 0.345. The second kappa shape index (κ2) is 10.2. The fourth-order valence-electron chi connectivity index (χ4n) is 3.05. The number of rotatable bonds is 9. The van der Waals surface area contributed by atoms with Crippen molar-refractivity contribution < 1.29 is 9.53 Å². The van der Waals surface area contributed by atoms with E-state index in [-0.39, 0.29) is 11.9 Å². The first-order chi connectivity index (χ1) is 12.6. The zero-order valence-electron chi connectivity index (χ0n) is 15.7. The van der Waals surface area contributed by atoms with Gasteiger partial charge < -0.3 is 10.1 Å². The van der Waals surface area contributed by atoms with Gasteiger partial charge in [0.2, 0.25) is 5.91 Å². The molecule has 0 heterocycles. The molecule has 5 heteroatoms. The van der Waals surface area contributed by atoms with Gasteiger partial charge in [0.25, 0.3) is 0 Å². The fourth-order valence-corrected chi connectivity index (χ4v) is 3.31. The Balaban J connectivity index is 2.03. The average Bonchev–Trinajstić information content (AvgIpc) is 2.66. The molecule has 0 saturated carbocycles. The van der Waals surface area contributed by atoms with Crippen LogP contribution in [0.2, 0.25) is 5.02 Å². The van der Waals surface area contributed by atoms with Crippen LogP contribution in [0.5, 0.6) is 5.75 Å². The van der Waals surface area contributed by atoms with Gasteiger partial charge in [-0.05, 0) is 42.4 Å². The van der Waals surface area contributed by atoms with Gasteiger partial charge in [-0.25, -0.2) is 0 Å². The van der Waals surface area contributed by atoms with Crippen LogP contribution in [0.25, 0.3) is 0 Å². The van der Waals surface area contributed by atoms with Crippen molar-refractivity contribution in [3.05, 3.63) is 64.7 Å². The molecular weight excluding hydrogens is 348 g/mol. The summed E-state index contributed by atoms with van der Waals surface area (Å²) in [6.45, 7) is 6.54. The molecule has 1 atom stereocenters. The molecule has 0 aliphatic rings. The number of nitrogens with one attached hydrogen (secondary N) is 1. The quantitative estimate of drug-likeness (QED) is 0.718. The molecule has 2 aromatic rings. The van der Waals surface area contributed by atoms with Crippen molar-refractivity contribution in [2.45, 2.75) is 26.3 Å². The van der Waals surface area contributed by atoms with E-state index in [9.17, 15) is 4.79 Å². The SMILES string of the molecule is CCN(CC)[C@@H](CNC(=O)Cc1ccc(OC)cc1)c1ccccc1Cl. The summed E-state index contributed by atoms with van der Waals surface area (Å²) < 4.78 is 5.15. The molecule has 1 N–H and O–H groups in total. The number of likely N-dealkylation sites (N-methyl/N-ethyl adjacent to an activating group) is 1. The number of methoxy groups -OCH3 is 1. The van der Waals surface area contributed by atoms with Crippen LogP contribution in [0.1, 0.15) is 31.0 Å². The first kappa shape index (κ1) is 20.3. The average molecular weight is 375 g/mol. The Morgan fingerprint density at radius 3 is 2.35 bits per heavy atom. The van der Waals surface area contributed by atoms with Gasteiger partial charge >= 0.3 is 0 Å². The van der Waals surface area contributed by atoms with Gasteiger partial charge in [-0.3, -0.25) is 9.69 Å². The number of halogens is 1. The normalized spacial score (nSPS) is 12.0. The predicted octanol–water partition coefficient (Wildman–Crippen LogP) is 4.09. The zero-order valence-corrected chi connectivity index (χ0v) is 16.4. The minimum atomic E-state index is -0.000577. The summed E-state index contributed by atoms with van der Waals surface area (Å²) in [5.74, 6) is 0.786. The number of amides is 1. The van der Waals surface area contributed by atoms with E-state index in [0.717, 1.165) is 35.0 Å². The predicted molar refractivity (Wildman–Crippen MR) is 107 cm³/mol. The standard InChI is InChI=1S/C21H27ClN2O2/c1-4-24(5-2)20(18-8-6-7-9-19(18)22)15-23-21(25)14-16-10-12-17(26-3)13-11-16/h6-13,20H,4-5,14-15H2,1-3H3,(H,23,25)/t20-/m0/s1. The Morgan fingerprint density at radius 2 is 1.77 bits per heavy atom. The molecule has 0 aliphatic heterocycles. The summed E-state index contributed by atoms with van der Waals surface area (Å²) in [6, 6.07) is 15.4. The third kappa shape index (κ3) is 5.48. The van der Waals surface area contributed by atoms with Crippen LogP contribution in [0.15, 0.2) is 48.5 Å². The summed E-state index contributed by atoms with van der Waals surface area (Å²) in [4.78, 5) is 14.7. The van der Waals surface area contributed by atoms with E-state index in [1.165, 1.54) is 0 Å². The highest BCUT2D eigenvalue weighted by atomic mass is 35.5. The highest BCUT2D eigenvalue weighted by molar-refractivity contribution is 6.31. The van der Waals surface area contributed by atoms with Crippen molar-refractivity contribution in [3.8, 4) is 5.75 Å². The molecular formula is C21H27ClN2O2. The molecule has 0 aromatic heterocycles. The molecule has 0 saturated heterocycles. The molecule has 26 heavy (non-hydrogen) atoms. The lowest BCUT2D eigenvalue weighted by atomic mass is 10.0.